The van der Waals surface area contributed by atoms with Crippen LogP contribution in [0, 0.1) is 7.40 Å². The summed E-state index contributed by atoms with van der Waals surface area (Å²) in [5, 5.41) is 0. The lowest BCUT2D eigenvalue weighted by Gasteiger charge is -1.96. The average molecular weight is 394 g/mol. The first kappa shape index (κ1) is 9.79. The lowest BCUT2D eigenvalue weighted by Crippen LogP contribution is -1.95. The molecule has 0 saturated carbocycles. The number of imidazole rings is 1. The molecule has 0 bridgehead atoms. The molecule has 60 valence electrons. The second kappa shape index (κ2) is 4.66. The monoisotopic (exact) mass is 394 g/mol. The van der Waals surface area contributed by atoms with Crippen LogP contribution in [0.2, 0.25) is 0 Å². The van der Waals surface area contributed by atoms with Gasteiger partial charge in [0.25, 0.3) is 0 Å². The number of halogens is 3. The average Bonchev–Trinajstić information content (AvgIpc) is 2.31. The highest BCUT2D eigenvalue weighted by atomic mass is 127. The van der Waals surface area contributed by atoms with Crippen molar-refractivity contribution in [3.05, 3.63) is 25.3 Å². The zero-order valence-electron chi connectivity index (χ0n) is 5.47. The number of nitrogens with zero attached hydrogens (tertiary/aromatic N) is 2. The van der Waals surface area contributed by atoms with E-state index in [1.807, 2.05) is 10.6 Å². The summed E-state index contributed by atoms with van der Waals surface area (Å²) in [4.78, 5) is 4.13. The highest BCUT2D eigenvalue weighted by molar-refractivity contribution is 14.1. The summed E-state index contributed by atoms with van der Waals surface area (Å²) in [6, 6.07) is 0. The van der Waals surface area contributed by atoms with E-state index in [0.717, 1.165) is 13.9 Å². The minimum atomic E-state index is 0.789. The second-order valence-corrected chi connectivity index (χ2v) is 4.14. The fourth-order valence-electron chi connectivity index (χ4n) is 0.624. The van der Waals surface area contributed by atoms with Gasteiger partial charge in [0.05, 0.1) is 6.33 Å². The Morgan fingerprint density at radius 2 is 2.36 bits per heavy atom. The molecule has 1 aromatic heterocycles. The van der Waals surface area contributed by atoms with Crippen LogP contribution in [0.3, 0.4) is 0 Å². The Balaban J connectivity index is 2.78. The van der Waals surface area contributed by atoms with Gasteiger partial charge in [0.15, 0.2) is 0 Å². The van der Waals surface area contributed by atoms with Gasteiger partial charge < -0.3 is 4.57 Å². The van der Waals surface area contributed by atoms with Gasteiger partial charge in [0.1, 0.15) is 7.40 Å². The molecule has 0 aromatic carbocycles. The van der Waals surface area contributed by atoms with Crippen molar-refractivity contribution < 1.29 is 0 Å². The SMILES string of the molecule is Cl/C=C/Cn1cnc(I)c1I. The van der Waals surface area contributed by atoms with Gasteiger partial charge in [-0.3, -0.25) is 0 Å². The molecule has 0 aliphatic rings. The summed E-state index contributed by atoms with van der Waals surface area (Å²) in [5.41, 5.74) is 1.52. The molecule has 5 heteroatoms. The summed E-state index contributed by atoms with van der Waals surface area (Å²) in [6.07, 6.45) is 3.68. The van der Waals surface area contributed by atoms with E-state index in [-0.39, 0.29) is 0 Å². The quantitative estimate of drug-likeness (QED) is 0.706. The Morgan fingerprint density at radius 1 is 1.64 bits per heavy atom. The van der Waals surface area contributed by atoms with E-state index in [9.17, 15) is 0 Å². The van der Waals surface area contributed by atoms with Crippen LogP contribution in [0.1, 0.15) is 0 Å². The normalized spacial score (nSPS) is 11.2. The maximum atomic E-state index is 5.39. The molecule has 0 spiro atoms. The first-order chi connectivity index (χ1) is 5.25. The molecule has 1 heterocycles. The van der Waals surface area contributed by atoms with E-state index in [4.69, 9.17) is 11.6 Å². The molecule has 0 saturated heterocycles. The van der Waals surface area contributed by atoms with Crippen LogP contribution in [0.4, 0.5) is 0 Å². The molecule has 0 aliphatic heterocycles. The molecule has 0 unspecified atom stereocenters. The predicted octanol–water partition coefficient (Wildman–Crippen LogP) is 2.84. The summed E-state index contributed by atoms with van der Waals surface area (Å²) in [6.45, 7) is 0.789. The van der Waals surface area contributed by atoms with E-state index < -0.39 is 0 Å². The number of aromatic nitrogens is 2. The highest BCUT2D eigenvalue weighted by Gasteiger charge is 2.01. The maximum absolute atomic E-state index is 5.39. The van der Waals surface area contributed by atoms with Gasteiger partial charge >= 0.3 is 0 Å². The van der Waals surface area contributed by atoms with E-state index in [0.29, 0.717) is 0 Å². The first-order valence-corrected chi connectivity index (χ1v) is 5.46. The van der Waals surface area contributed by atoms with E-state index in [1.54, 1.807) is 6.33 Å². The Labute approximate surface area is 97.3 Å². The van der Waals surface area contributed by atoms with Gasteiger partial charge in [0.2, 0.25) is 0 Å². The van der Waals surface area contributed by atoms with E-state index >= 15 is 0 Å². The minimum absolute atomic E-state index is 0.789. The van der Waals surface area contributed by atoms with Crippen molar-refractivity contribution in [2.75, 3.05) is 0 Å². The molecule has 0 atom stereocenters. The fourth-order valence-corrected chi connectivity index (χ4v) is 1.60. The van der Waals surface area contributed by atoms with Gasteiger partial charge in [-0.1, -0.05) is 17.7 Å². The molecule has 0 radical (unpaired) electrons. The molecule has 0 amide bonds. The smallest absolute Gasteiger partial charge is 0.132 e. The molecule has 0 fully saturated rings. The fraction of sp³-hybridized carbons (Fsp3) is 0.167. The van der Waals surface area contributed by atoms with Crippen LogP contribution in [-0.2, 0) is 6.54 Å². The second-order valence-electron chi connectivity index (χ2n) is 1.84. The Hall–Kier alpha value is 0.700. The largest absolute Gasteiger partial charge is 0.321 e. The van der Waals surface area contributed by atoms with Crippen LogP contribution in [0.5, 0.6) is 0 Å². The van der Waals surface area contributed by atoms with Gasteiger partial charge in [0, 0.05) is 12.1 Å². The highest BCUT2D eigenvalue weighted by Crippen LogP contribution is 2.12. The van der Waals surface area contributed by atoms with Crippen molar-refractivity contribution in [1.82, 2.24) is 9.55 Å². The van der Waals surface area contributed by atoms with Crippen LogP contribution < -0.4 is 0 Å². The van der Waals surface area contributed by atoms with Crippen molar-refractivity contribution in [2.24, 2.45) is 0 Å². The molecular formula is C6H5ClI2N2. The van der Waals surface area contributed by atoms with Crippen molar-refractivity contribution in [1.29, 1.82) is 0 Å². The van der Waals surface area contributed by atoms with Crippen molar-refractivity contribution in [3.63, 3.8) is 0 Å². The van der Waals surface area contributed by atoms with Crippen LogP contribution in [0.25, 0.3) is 0 Å². The maximum Gasteiger partial charge on any atom is 0.132 e. The molecule has 2 nitrogen and oxygen atoms in total. The zero-order chi connectivity index (χ0) is 8.27. The number of allylic oxidation sites excluding steroid dienone is 1. The van der Waals surface area contributed by atoms with Crippen LogP contribution in [0.15, 0.2) is 17.9 Å². The van der Waals surface area contributed by atoms with Gasteiger partial charge in [-0.05, 0) is 45.2 Å². The number of rotatable bonds is 2. The zero-order valence-corrected chi connectivity index (χ0v) is 10.5. The van der Waals surface area contributed by atoms with Crippen LogP contribution >= 0.6 is 56.8 Å². The molecule has 1 aromatic rings. The summed E-state index contributed by atoms with van der Waals surface area (Å²) >= 11 is 9.85. The van der Waals surface area contributed by atoms with Gasteiger partial charge in [-0.15, -0.1) is 0 Å². The van der Waals surface area contributed by atoms with Crippen LogP contribution in [-0.4, -0.2) is 9.55 Å². The molecule has 0 N–H and O–H groups in total. The van der Waals surface area contributed by atoms with Gasteiger partial charge in [-0.2, -0.15) is 0 Å². The van der Waals surface area contributed by atoms with Crippen molar-refractivity contribution >= 4 is 56.8 Å². The van der Waals surface area contributed by atoms with Crippen molar-refractivity contribution in [2.45, 2.75) is 6.54 Å². The summed E-state index contributed by atoms with van der Waals surface area (Å²) in [5.74, 6) is 0. The molecular weight excluding hydrogens is 389 g/mol. The van der Waals surface area contributed by atoms with Gasteiger partial charge in [-0.25, -0.2) is 4.98 Å². The molecule has 0 aliphatic carbocycles. The first-order valence-electron chi connectivity index (χ1n) is 2.87. The number of hydrogen-bond donors (Lipinski definition) is 0. The minimum Gasteiger partial charge on any atom is -0.321 e. The predicted molar refractivity (Wildman–Crippen MR) is 62.7 cm³/mol. The standard InChI is InChI=1S/C6H5ClI2N2/c7-2-1-3-11-4-10-5(8)6(11)9/h1-2,4H,3H2/b2-1+. The lowest BCUT2D eigenvalue weighted by atomic mass is 10.6. The number of hydrogen-bond acceptors (Lipinski definition) is 1. The Kier molecular flexibility index (Phi) is 4.14. The Morgan fingerprint density at radius 3 is 2.82 bits per heavy atom. The summed E-state index contributed by atoms with van der Waals surface area (Å²) in [7, 11) is 0. The topological polar surface area (TPSA) is 17.8 Å². The Bertz CT molecular complexity index is 270. The lowest BCUT2D eigenvalue weighted by molar-refractivity contribution is 0.799. The summed E-state index contributed by atoms with van der Waals surface area (Å²) < 4.78 is 4.21. The van der Waals surface area contributed by atoms with Crippen molar-refractivity contribution in [3.8, 4) is 0 Å². The third-order valence-corrected chi connectivity index (χ3v) is 4.25. The molecule has 11 heavy (non-hydrogen) atoms. The van der Waals surface area contributed by atoms with E-state index in [2.05, 4.69) is 50.2 Å². The third-order valence-electron chi connectivity index (χ3n) is 1.12. The van der Waals surface area contributed by atoms with E-state index in [1.165, 1.54) is 5.54 Å². The third kappa shape index (κ3) is 2.59. The molecule has 1 rings (SSSR count).